The molecule has 0 N–H and O–H groups in total. The molecule has 338 valence electrons. The summed E-state index contributed by atoms with van der Waals surface area (Å²) < 4.78 is 0. The molecular formula is C56H114. The van der Waals surface area contributed by atoms with E-state index in [0.717, 1.165) is 5.92 Å². The highest BCUT2D eigenvalue weighted by Crippen LogP contribution is 2.41. The molecule has 56 heavy (non-hydrogen) atoms. The van der Waals surface area contributed by atoms with Gasteiger partial charge in [0.1, 0.15) is 0 Å². The lowest BCUT2D eigenvalue weighted by Gasteiger charge is -2.34. The number of hydrogen-bond donors (Lipinski definition) is 0. The number of rotatable bonds is 50. The smallest absolute Gasteiger partial charge is 0.0323 e. The Morgan fingerprint density at radius 2 is 0.411 bits per heavy atom. The van der Waals surface area contributed by atoms with Gasteiger partial charge in [-0.3, -0.25) is 0 Å². The average Bonchev–Trinajstić information content (AvgIpc) is 3.20. The second-order valence-corrected chi connectivity index (χ2v) is 20.1. The van der Waals surface area contributed by atoms with Crippen molar-refractivity contribution in [3.63, 3.8) is 0 Å². The molecule has 0 rings (SSSR count). The molecule has 0 fully saturated rings. The van der Waals surface area contributed by atoms with Crippen LogP contribution in [0.5, 0.6) is 0 Å². The predicted octanol–water partition coefficient (Wildman–Crippen LogP) is 21.8. The number of hydrogen-bond acceptors (Lipinski definition) is 0. The van der Waals surface area contributed by atoms with E-state index < -0.39 is 0 Å². The van der Waals surface area contributed by atoms with Crippen LogP contribution >= 0.6 is 0 Å². The Labute approximate surface area is 359 Å². The average molecular weight is 788 g/mol. The Balaban J connectivity index is 4.92. The molecule has 0 radical (unpaired) electrons. The third-order valence-corrected chi connectivity index (χ3v) is 14.0. The zero-order chi connectivity index (χ0) is 40.7. The zero-order valence-corrected chi connectivity index (χ0v) is 40.7. The van der Waals surface area contributed by atoms with Crippen molar-refractivity contribution in [3.05, 3.63) is 0 Å². The van der Waals surface area contributed by atoms with Crippen LogP contribution in [0, 0.1) is 11.3 Å². The van der Waals surface area contributed by atoms with Crippen LogP contribution in [-0.2, 0) is 0 Å². The van der Waals surface area contributed by atoms with Gasteiger partial charge >= 0.3 is 0 Å². The second-order valence-electron chi connectivity index (χ2n) is 20.1. The van der Waals surface area contributed by atoms with Crippen molar-refractivity contribution in [3.8, 4) is 0 Å². The molecule has 0 saturated carbocycles. The third-order valence-electron chi connectivity index (χ3n) is 14.0. The monoisotopic (exact) mass is 787 g/mol. The van der Waals surface area contributed by atoms with Crippen LogP contribution in [0.1, 0.15) is 349 Å². The van der Waals surface area contributed by atoms with Gasteiger partial charge in [0.15, 0.2) is 0 Å². The molecule has 0 heteroatoms. The zero-order valence-electron chi connectivity index (χ0n) is 40.7. The van der Waals surface area contributed by atoms with E-state index in [1.54, 1.807) is 0 Å². The first-order chi connectivity index (χ1) is 27.6. The summed E-state index contributed by atoms with van der Waals surface area (Å²) in [6.07, 6.45) is 72.4. The maximum Gasteiger partial charge on any atom is -0.0323 e. The van der Waals surface area contributed by atoms with Crippen LogP contribution in [0.4, 0.5) is 0 Å². The lowest BCUT2D eigenvalue weighted by Crippen LogP contribution is -2.21. The quantitative estimate of drug-likeness (QED) is 0.0539. The van der Waals surface area contributed by atoms with Crippen molar-refractivity contribution in [2.45, 2.75) is 349 Å². The predicted molar refractivity (Wildman–Crippen MR) is 261 cm³/mol. The van der Waals surface area contributed by atoms with Crippen LogP contribution in [0.2, 0.25) is 0 Å². The van der Waals surface area contributed by atoms with Crippen molar-refractivity contribution < 1.29 is 0 Å². The summed E-state index contributed by atoms with van der Waals surface area (Å²) in [5, 5.41) is 0. The molecular weight excluding hydrogens is 673 g/mol. The van der Waals surface area contributed by atoms with Gasteiger partial charge in [-0.1, -0.05) is 330 Å². The first kappa shape index (κ1) is 56.0. The molecule has 0 aliphatic heterocycles. The summed E-state index contributed by atoms with van der Waals surface area (Å²) >= 11 is 0. The molecule has 0 aliphatic rings. The fraction of sp³-hybridized carbons (Fsp3) is 1.00. The first-order valence-corrected chi connectivity index (χ1v) is 27.6. The summed E-state index contributed by atoms with van der Waals surface area (Å²) in [7, 11) is 0. The molecule has 2 unspecified atom stereocenters. The molecule has 0 nitrogen and oxygen atoms in total. The highest BCUT2D eigenvalue weighted by Gasteiger charge is 2.27. The van der Waals surface area contributed by atoms with E-state index in [-0.39, 0.29) is 0 Å². The van der Waals surface area contributed by atoms with Crippen LogP contribution in [0.25, 0.3) is 0 Å². The Morgan fingerprint density at radius 1 is 0.232 bits per heavy atom. The summed E-state index contributed by atoms with van der Waals surface area (Å²) in [6.45, 7) is 12.1. The highest BCUT2D eigenvalue weighted by atomic mass is 14.3. The van der Waals surface area contributed by atoms with Crippen LogP contribution in [-0.4, -0.2) is 0 Å². The molecule has 0 bridgehead atoms. The summed E-state index contributed by atoms with van der Waals surface area (Å²) in [5.74, 6) is 0.984. The van der Waals surface area contributed by atoms with E-state index in [1.165, 1.54) is 315 Å². The van der Waals surface area contributed by atoms with Gasteiger partial charge in [0.2, 0.25) is 0 Å². The maximum atomic E-state index is 2.77. The van der Waals surface area contributed by atoms with Crippen LogP contribution < -0.4 is 0 Å². The Morgan fingerprint density at radius 3 is 0.625 bits per heavy atom. The molecule has 0 aromatic carbocycles. The maximum absolute atomic E-state index is 2.77. The second kappa shape index (κ2) is 47.7. The normalized spacial score (nSPS) is 13.4. The van der Waals surface area contributed by atoms with Gasteiger partial charge in [0.05, 0.1) is 0 Å². The minimum Gasteiger partial charge on any atom is -0.0654 e. The summed E-state index contributed by atoms with van der Waals surface area (Å²) in [5.41, 5.74) is 0.582. The van der Waals surface area contributed by atoms with E-state index in [4.69, 9.17) is 0 Å². The Bertz CT molecular complexity index is 680. The third kappa shape index (κ3) is 43.6. The lowest BCUT2D eigenvalue weighted by molar-refractivity contribution is 0.175. The molecule has 0 heterocycles. The fourth-order valence-electron chi connectivity index (χ4n) is 10.0. The lowest BCUT2D eigenvalue weighted by atomic mass is 9.71. The molecule has 0 amide bonds. The SMILES string of the molecule is CCCCCCCCCCCCCCC(CCCCCCCCCCCC)CC(C)(CCCCCCCCCCCC)CCCCCCCCCCCCCC. The minimum atomic E-state index is 0.582. The van der Waals surface area contributed by atoms with E-state index in [9.17, 15) is 0 Å². The van der Waals surface area contributed by atoms with E-state index in [1.807, 2.05) is 0 Å². The van der Waals surface area contributed by atoms with Crippen molar-refractivity contribution in [1.82, 2.24) is 0 Å². The van der Waals surface area contributed by atoms with E-state index in [2.05, 4.69) is 34.6 Å². The van der Waals surface area contributed by atoms with Gasteiger partial charge in [-0.25, -0.2) is 0 Å². The van der Waals surface area contributed by atoms with Gasteiger partial charge in [0, 0.05) is 0 Å². The molecule has 2 atom stereocenters. The molecule has 0 aromatic heterocycles. The van der Waals surface area contributed by atoms with Gasteiger partial charge in [-0.15, -0.1) is 0 Å². The highest BCUT2D eigenvalue weighted by molar-refractivity contribution is 4.79. The summed E-state index contributed by atoms with van der Waals surface area (Å²) in [4.78, 5) is 0. The van der Waals surface area contributed by atoms with Crippen molar-refractivity contribution in [2.75, 3.05) is 0 Å². The topological polar surface area (TPSA) is 0 Å². The number of unbranched alkanes of at least 4 members (excludes halogenated alkanes) is 40. The van der Waals surface area contributed by atoms with Crippen molar-refractivity contribution in [2.24, 2.45) is 11.3 Å². The standard InChI is InChI=1S/C56H114/c1-6-10-14-18-22-26-30-32-35-39-43-47-51-55(50-46-42-38-34-28-24-20-16-12-8-3)54-56(5,52-48-44-40-36-29-25-21-17-13-9-4)53-49-45-41-37-33-31-27-23-19-15-11-7-2/h55H,6-54H2,1-5H3. The van der Waals surface area contributed by atoms with Crippen LogP contribution in [0.15, 0.2) is 0 Å². The van der Waals surface area contributed by atoms with Gasteiger partial charge in [-0.2, -0.15) is 0 Å². The minimum absolute atomic E-state index is 0.582. The summed E-state index contributed by atoms with van der Waals surface area (Å²) in [6, 6.07) is 0. The first-order valence-electron chi connectivity index (χ1n) is 27.6. The molecule has 0 aromatic rings. The van der Waals surface area contributed by atoms with Gasteiger partial charge in [0.25, 0.3) is 0 Å². The van der Waals surface area contributed by atoms with E-state index in [0.29, 0.717) is 5.41 Å². The fourth-order valence-corrected chi connectivity index (χ4v) is 10.0. The van der Waals surface area contributed by atoms with Crippen molar-refractivity contribution >= 4 is 0 Å². The Hall–Kier alpha value is 0. The van der Waals surface area contributed by atoms with Crippen LogP contribution in [0.3, 0.4) is 0 Å². The molecule has 0 aliphatic carbocycles. The van der Waals surface area contributed by atoms with Gasteiger partial charge < -0.3 is 0 Å². The van der Waals surface area contributed by atoms with E-state index >= 15 is 0 Å². The molecule has 0 spiro atoms. The van der Waals surface area contributed by atoms with Crippen molar-refractivity contribution in [1.29, 1.82) is 0 Å². The Kier molecular flexibility index (Phi) is 47.7. The van der Waals surface area contributed by atoms with Gasteiger partial charge in [-0.05, 0) is 30.6 Å². The largest absolute Gasteiger partial charge is 0.0654 e. The molecule has 0 saturated heterocycles.